The number of anilines is 2. The summed E-state index contributed by atoms with van der Waals surface area (Å²) in [7, 11) is 3.98. The zero-order chi connectivity index (χ0) is 20.9. The summed E-state index contributed by atoms with van der Waals surface area (Å²) in [5.74, 6) is 0.468. The number of hydrogen-bond acceptors (Lipinski definition) is 3. The third-order valence-corrected chi connectivity index (χ3v) is 4.87. The van der Waals surface area contributed by atoms with E-state index in [0.717, 1.165) is 16.9 Å². The molecule has 0 aliphatic carbocycles. The zero-order valence-electron chi connectivity index (χ0n) is 18.5. The minimum Gasteiger partial charge on any atom is -0.377 e. The summed E-state index contributed by atoms with van der Waals surface area (Å²) in [6.07, 6.45) is 0.434. The van der Waals surface area contributed by atoms with Crippen LogP contribution in [0.15, 0.2) is 18.2 Å². The van der Waals surface area contributed by atoms with Gasteiger partial charge in [-0.1, -0.05) is 41.5 Å². The van der Waals surface area contributed by atoms with Gasteiger partial charge in [0.2, 0.25) is 11.8 Å². The Hall–Kier alpha value is -2.04. The second-order valence-corrected chi connectivity index (χ2v) is 8.81. The normalized spacial score (nSPS) is 12.7. The number of nitrogens with one attached hydrogen (secondary N) is 1. The first kappa shape index (κ1) is 23.0. The maximum atomic E-state index is 13.1. The number of carbonyl (C=O) groups is 2. The standard InChI is InChI=1S/C22H37N3O2/c1-10-20(26)23-18-11-12-19(24(8)9)17(13-18)14-25(16(4)15(2)3)21(27)22(5,6)7/h11-13,15-16H,10,14H2,1-9H3,(H,23,26)/t16-/m0/s1. The summed E-state index contributed by atoms with van der Waals surface area (Å²) in [5, 5.41) is 2.92. The molecule has 0 aromatic heterocycles. The number of benzene rings is 1. The lowest BCUT2D eigenvalue weighted by Crippen LogP contribution is -2.46. The van der Waals surface area contributed by atoms with Crippen LogP contribution in [0.5, 0.6) is 0 Å². The molecule has 1 N–H and O–H groups in total. The van der Waals surface area contributed by atoms with Gasteiger partial charge in [-0.25, -0.2) is 0 Å². The van der Waals surface area contributed by atoms with Gasteiger partial charge >= 0.3 is 0 Å². The van der Waals surface area contributed by atoms with Crippen LogP contribution in [-0.2, 0) is 16.1 Å². The van der Waals surface area contributed by atoms with E-state index in [-0.39, 0.29) is 17.9 Å². The summed E-state index contributed by atoms with van der Waals surface area (Å²) in [4.78, 5) is 28.9. The van der Waals surface area contributed by atoms with Crippen LogP contribution in [0.1, 0.15) is 60.5 Å². The lowest BCUT2D eigenvalue weighted by atomic mass is 9.92. The Morgan fingerprint density at radius 3 is 2.15 bits per heavy atom. The van der Waals surface area contributed by atoms with Gasteiger partial charge in [-0.2, -0.15) is 0 Å². The van der Waals surface area contributed by atoms with Gasteiger partial charge in [0, 0.05) is 49.9 Å². The molecule has 1 rings (SSSR count). The van der Waals surface area contributed by atoms with Gasteiger partial charge in [-0.15, -0.1) is 0 Å². The smallest absolute Gasteiger partial charge is 0.228 e. The Balaban J connectivity index is 3.34. The van der Waals surface area contributed by atoms with Crippen LogP contribution in [-0.4, -0.2) is 36.9 Å². The van der Waals surface area contributed by atoms with E-state index < -0.39 is 5.41 Å². The van der Waals surface area contributed by atoms with E-state index in [1.807, 2.05) is 69.8 Å². The average molecular weight is 376 g/mol. The molecule has 0 saturated heterocycles. The van der Waals surface area contributed by atoms with E-state index in [4.69, 9.17) is 0 Å². The van der Waals surface area contributed by atoms with E-state index >= 15 is 0 Å². The van der Waals surface area contributed by atoms with E-state index in [2.05, 4.69) is 26.1 Å². The second-order valence-electron chi connectivity index (χ2n) is 8.81. The van der Waals surface area contributed by atoms with Crippen LogP contribution in [0.3, 0.4) is 0 Å². The quantitative estimate of drug-likeness (QED) is 0.762. The molecule has 0 unspecified atom stereocenters. The van der Waals surface area contributed by atoms with Crippen molar-refractivity contribution in [3.8, 4) is 0 Å². The molecule has 1 atom stereocenters. The van der Waals surface area contributed by atoms with Crippen molar-refractivity contribution in [3.05, 3.63) is 23.8 Å². The minimum absolute atomic E-state index is 0.0169. The molecule has 0 spiro atoms. The SMILES string of the molecule is CCC(=O)Nc1ccc(N(C)C)c(CN(C(=O)C(C)(C)C)[C@@H](C)C(C)C)c1. The molecule has 0 heterocycles. The van der Waals surface area contributed by atoms with E-state index in [0.29, 0.717) is 18.9 Å². The van der Waals surface area contributed by atoms with Gasteiger partial charge in [0.05, 0.1) is 0 Å². The zero-order valence-corrected chi connectivity index (χ0v) is 18.5. The topological polar surface area (TPSA) is 52.7 Å². The molecule has 5 nitrogen and oxygen atoms in total. The number of amides is 2. The maximum Gasteiger partial charge on any atom is 0.228 e. The number of hydrogen-bond donors (Lipinski definition) is 1. The van der Waals surface area contributed by atoms with Crippen molar-refractivity contribution in [2.75, 3.05) is 24.3 Å². The summed E-state index contributed by atoms with van der Waals surface area (Å²) in [5.41, 5.74) is 2.39. The van der Waals surface area contributed by atoms with Gasteiger partial charge < -0.3 is 15.1 Å². The van der Waals surface area contributed by atoms with Crippen LogP contribution >= 0.6 is 0 Å². The molecular formula is C22H37N3O2. The first-order valence-electron chi connectivity index (χ1n) is 9.79. The van der Waals surface area contributed by atoms with Crippen molar-refractivity contribution in [2.24, 2.45) is 11.3 Å². The van der Waals surface area contributed by atoms with Crippen molar-refractivity contribution >= 4 is 23.2 Å². The van der Waals surface area contributed by atoms with Gasteiger partial charge in [-0.05, 0) is 36.6 Å². The maximum absolute atomic E-state index is 13.1. The molecule has 5 heteroatoms. The summed E-state index contributed by atoms with van der Waals surface area (Å²) < 4.78 is 0. The monoisotopic (exact) mass is 375 g/mol. The first-order valence-corrected chi connectivity index (χ1v) is 9.79. The minimum atomic E-state index is -0.449. The van der Waals surface area contributed by atoms with Crippen molar-refractivity contribution in [2.45, 2.75) is 67.5 Å². The third-order valence-electron chi connectivity index (χ3n) is 4.87. The molecule has 0 bridgehead atoms. The van der Waals surface area contributed by atoms with E-state index in [9.17, 15) is 9.59 Å². The molecule has 0 saturated carbocycles. The highest BCUT2D eigenvalue weighted by atomic mass is 16.2. The number of carbonyl (C=O) groups excluding carboxylic acids is 2. The molecule has 0 aliphatic rings. The highest BCUT2D eigenvalue weighted by Crippen LogP contribution is 2.29. The van der Waals surface area contributed by atoms with Crippen LogP contribution in [0.4, 0.5) is 11.4 Å². The van der Waals surface area contributed by atoms with Gasteiger partial charge in [0.15, 0.2) is 0 Å². The fourth-order valence-electron chi connectivity index (χ4n) is 2.85. The molecule has 152 valence electrons. The molecule has 0 radical (unpaired) electrons. The Labute approximate surface area is 165 Å². The van der Waals surface area contributed by atoms with Crippen molar-refractivity contribution in [1.29, 1.82) is 0 Å². The predicted molar refractivity (Wildman–Crippen MR) is 114 cm³/mol. The predicted octanol–water partition coefficient (Wildman–Crippen LogP) is 4.52. The average Bonchev–Trinajstić information content (AvgIpc) is 2.57. The van der Waals surface area contributed by atoms with Crippen LogP contribution < -0.4 is 10.2 Å². The molecule has 1 aromatic rings. The second kappa shape index (κ2) is 9.25. The highest BCUT2D eigenvalue weighted by Gasteiger charge is 2.32. The summed E-state index contributed by atoms with van der Waals surface area (Å²) in [6.45, 7) is 14.6. The highest BCUT2D eigenvalue weighted by molar-refractivity contribution is 5.91. The molecular weight excluding hydrogens is 338 g/mol. The Bertz CT molecular complexity index is 660. The molecule has 0 aliphatic heterocycles. The van der Waals surface area contributed by atoms with E-state index in [1.165, 1.54) is 0 Å². The van der Waals surface area contributed by atoms with Crippen molar-refractivity contribution in [3.63, 3.8) is 0 Å². The lowest BCUT2D eigenvalue weighted by molar-refractivity contribution is -0.143. The fraction of sp³-hybridized carbons (Fsp3) is 0.636. The van der Waals surface area contributed by atoms with E-state index in [1.54, 1.807) is 0 Å². The Morgan fingerprint density at radius 2 is 1.70 bits per heavy atom. The van der Waals surface area contributed by atoms with Crippen LogP contribution in [0.25, 0.3) is 0 Å². The van der Waals surface area contributed by atoms with Crippen molar-refractivity contribution < 1.29 is 9.59 Å². The van der Waals surface area contributed by atoms with Gasteiger partial charge in [0.25, 0.3) is 0 Å². The summed E-state index contributed by atoms with van der Waals surface area (Å²) >= 11 is 0. The number of rotatable bonds is 7. The fourth-order valence-corrected chi connectivity index (χ4v) is 2.85. The Kier molecular flexibility index (Phi) is 7.88. The van der Waals surface area contributed by atoms with Crippen molar-refractivity contribution in [1.82, 2.24) is 4.90 Å². The van der Waals surface area contributed by atoms with Gasteiger partial charge in [-0.3, -0.25) is 9.59 Å². The third kappa shape index (κ3) is 6.26. The summed E-state index contributed by atoms with van der Waals surface area (Å²) in [6, 6.07) is 6.01. The number of nitrogens with zero attached hydrogens (tertiary/aromatic N) is 2. The molecule has 1 aromatic carbocycles. The van der Waals surface area contributed by atoms with Crippen LogP contribution in [0, 0.1) is 11.3 Å². The molecule has 27 heavy (non-hydrogen) atoms. The van der Waals surface area contributed by atoms with Crippen LogP contribution in [0.2, 0.25) is 0 Å². The Morgan fingerprint density at radius 1 is 1.11 bits per heavy atom. The first-order chi connectivity index (χ1) is 12.4. The largest absolute Gasteiger partial charge is 0.377 e. The lowest BCUT2D eigenvalue weighted by Gasteiger charge is -2.37. The molecule has 0 fully saturated rings. The van der Waals surface area contributed by atoms with Gasteiger partial charge in [0.1, 0.15) is 0 Å². The molecule has 2 amide bonds.